The van der Waals surface area contributed by atoms with Gasteiger partial charge in [0.1, 0.15) is 5.82 Å². The number of aromatic nitrogens is 1. The number of amides is 1. The highest BCUT2D eigenvalue weighted by Crippen LogP contribution is 2.33. The summed E-state index contributed by atoms with van der Waals surface area (Å²) in [6.07, 6.45) is 1.09. The Morgan fingerprint density at radius 1 is 1.15 bits per heavy atom. The van der Waals surface area contributed by atoms with E-state index in [9.17, 15) is 17.6 Å². The molecule has 2 aromatic carbocycles. The van der Waals surface area contributed by atoms with Crippen LogP contribution >= 0.6 is 11.3 Å². The van der Waals surface area contributed by atoms with Crippen molar-refractivity contribution in [1.82, 2.24) is 8.87 Å². The van der Waals surface area contributed by atoms with Crippen molar-refractivity contribution in [2.24, 2.45) is 18.0 Å². The summed E-state index contributed by atoms with van der Waals surface area (Å²) >= 11 is 1.34. The molecule has 1 amide bonds. The van der Waals surface area contributed by atoms with Crippen LogP contribution in [0, 0.1) is 11.7 Å². The molecule has 1 unspecified atom stereocenters. The standard InChI is InChI=1S/C22H24FN3O5S2/c1-25-17-11-18(30-2)19(31-3)12-20(17)32-22(25)24-21(27)14-5-4-10-26(13-14)33(28,29)16-8-6-15(23)7-9-16/h6-9,11-12,14H,4-5,10,13H2,1-3H3. The average Bonchev–Trinajstić information content (AvgIpc) is 3.12. The van der Waals surface area contributed by atoms with E-state index in [0.29, 0.717) is 35.7 Å². The van der Waals surface area contributed by atoms with E-state index in [1.54, 1.807) is 18.8 Å². The fourth-order valence-corrected chi connectivity index (χ4v) is 6.42. The van der Waals surface area contributed by atoms with Gasteiger partial charge in [0.25, 0.3) is 5.91 Å². The molecule has 176 valence electrons. The predicted octanol–water partition coefficient (Wildman–Crippen LogP) is 2.92. The summed E-state index contributed by atoms with van der Waals surface area (Å²) in [7, 11) is 1.10. The van der Waals surface area contributed by atoms with Gasteiger partial charge in [0.15, 0.2) is 16.3 Å². The van der Waals surface area contributed by atoms with Crippen LogP contribution in [0.4, 0.5) is 4.39 Å². The molecule has 0 saturated carbocycles. The quantitative estimate of drug-likeness (QED) is 0.545. The molecule has 1 atom stereocenters. The minimum absolute atomic E-state index is 0.00717. The molecule has 33 heavy (non-hydrogen) atoms. The lowest BCUT2D eigenvalue weighted by molar-refractivity contribution is -0.122. The summed E-state index contributed by atoms with van der Waals surface area (Å²) < 4.78 is 53.8. The van der Waals surface area contributed by atoms with Gasteiger partial charge in [-0.3, -0.25) is 4.79 Å². The number of benzene rings is 2. The number of piperidine rings is 1. The molecule has 0 N–H and O–H groups in total. The molecule has 4 rings (SSSR count). The van der Waals surface area contributed by atoms with Crippen molar-refractivity contribution in [3.05, 3.63) is 47.0 Å². The molecule has 1 fully saturated rings. The maximum atomic E-state index is 13.2. The normalized spacial score (nSPS) is 17.9. The average molecular weight is 494 g/mol. The Bertz CT molecular complexity index is 1360. The number of thiazole rings is 1. The minimum Gasteiger partial charge on any atom is -0.493 e. The molecule has 2 heterocycles. The van der Waals surface area contributed by atoms with Gasteiger partial charge in [-0.25, -0.2) is 12.8 Å². The molecular formula is C22H24FN3O5S2. The van der Waals surface area contributed by atoms with Gasteiger partial charge in [-0.1, -0.05) is 11.3 Å². The Labute approximate surface area is 194 Å². The van der Waals surface area contributed by atoms with Crippen LogP contribution in [0.15, 0.2) is 46.3 Å². The monoisotopic (exact) mass is 493 g/mol. The number of carbonyl (C=O) groups is 1. The highest BCUT2D eigenvalue weighted by Gasteiger charge is 2.33. The van der Waals surface area contributed by atoms with Crippen LogP contribution in [0.2, 0.25) is 0 Å². The molecule has 1 aliphatic heterocycles. The van der Waals surface area contributed by atoms with Gasteiger partial charge in [-0.05, 0) is 37.1 Å². The van der Waals surface area contributed by atoms with Crippen LogP contribution in [0.25, 0.3) is 10.2 Å². The lowest BCUT2D eigenvalue weighted by Gasteiger charge is -2.30. The summed E-state index contributed by atoms with van der Waals surface area (Å²) in [6.45, 7) is 0.345. The zero-order valence-electron chi connectivity index (χ0n) is 18.4. The van der Waals surface area contributed by atoms with E-state index in [-0.39, 0.29) is 17.3 Å². The van der Waals surface area contributed by atoms with Gasteiger partial charge in [0, 0.05) is 32.3 Å². The van der Waals surface area contributed by atoms with Crippen molar-refractivity contribution < 1.29 is 27.1 Å². The van der Waals surface area contributed by atoms with Crippen molar-refractivity contribution in [1.29, 1.82) is 0 Å². The van der Waals surface area contributed by atoms with Crippen molar-refractivity contribution in [3.8, 4) is 11.5 Å². The van der Waals surface area contributed by atoms with E-state index in [1.807, 2.05) is 19.2 Å². The molecule has 3 aromatic rings. The predicted molar refractivity (Wildman–Crippen MR) is 122 cm³/mol. The lowest BCUT2D eigenvalue weighted by Crippen LogP contribution is -2.42. The van der Waals surface area contributed by atoms with E-state index >= 15 is 0 Å². The Morgan fingerprint density at radius 2 is 1.82 bits per heavy atom. The Balaban J connectivity index is 1.61. The summed E-state index contributed by atoms with van der Waals surface area (Å²) in [5.74, 6) is -0.270. The van der Waals surface area contributed by atoms with E-state index in [1.165, 1.54) is 27.8 Å². The first-order valence-corrected chi connectivity index (χ1v) is 12.6. The number of fused-ring (bicyclic) bond motifs is 1. The third-order valence-corrected chi connectivity index (χ3v) is 8.68. The van der Waals surface area contributed by atoms with Crippen LogP contribution in [0.3, 0.4) is 0 Å². The summed E-state index contributed by atoms with van der Waals surface area (Å²) in [5.41, 5.74) is 0.841. The molecular weight excluding hydrogens is 469 g/mol. The smallest absolute Gasteiger partial charge is 0.252 e. The zero-order chi connectivity index (χ0) is 23.8. The minimum atomic E-state index is -3.82. The Morgan fingerprint density at radius 3 is 2.48 bits per heavy atom. The lowest BCUT2D eigenvalue weighted by atomic mass is 9.99. The third kappa shape index (κ3) is 4.53. The largest absolute Gasteiger partial charge is 0.493 e. The van der Waals surface area contributed by atoms with Crippen LogP contribution < -0.4 is 14.3 Å². The number of rotatable bonds is 5. The van der Waals surface area contributed by atoms with Crippen molar-refractivity contribution in [2.75, 3.05) is 27.3 Å². The van der Waals surface area contributed by atoms with Gasteiger partial charge in [-0.2, -0.15) is 9.30 Å². The molecule has 0 aliphatic carbocycles. The van der Waals surface area contributed by atoms with Gasteiger partial charge in [0.2, 0.25) is 10.0 Å². The van der Waals surface area contributed by atoms with Gasteiger partial charge in [0.05, 0.1) is 35.2 Å². The molecule has 0 spiro atoms. The molecule has 0 bridgehead atoms. The summed E-state index contributed by atoms with van der Waals surface area (Å²) in [5, 5.41) is 0. The number of halogens is 1. The number of ether oxygens (including phenoxy) is 2. The molecule has 11 heteroatoms. The maximum Gasteiger partial charge on any atom is 0.252 e. The fourth-order valence-electron chi connectivity index (χ4n) is 3.86. The second-order valence-corrected chi connectivity index (χ2v) is 10.7. The molecule has 1 aromatic heterocycles. The second-order valence-electron chi connectivity index (χ2n) is 7.72. The number of methoxy groups -OCH3 is 2. The second kappa shape index (κ2) is 9.24. The summed E-state index contributed by atoms with van der Waals surface area (Å²) in [6, 6.07) is 8.35. The van der Waals surface area contributed by atoms with E-state index in [2.05, 4.69) is 4.99 Å². The van der Waals surface area contributed by atoms with Crippen LogP contribution in [0.5, 0.6) is 11.5 Å². The zero-order valence-corrected chi connectivity index (χ0v) is 20.1. The Kier molecular flexibility index (Phi) is 6.55. The van der Waals surface area contributed by atoms with Crippen LogP contribution in [-0.4, -0.2) is 50.5 Å². The SMILES string of the molecule is COc1cc2sc(=NC(=O)C3CCCN(S(=O)(=O)c4ccc(F)cc4)C3)n(C)c2cc1OC. The van der Waals surface area contributed by atoms with Crippen molar-refractivity contribution in [3.63, 3.8) is 0 Å². The molecule has 0 radical (unpaired) electrons. The summed E-state index contributed by atoms with van der Waals surface area (Å²) in [4.78, 5) is 17.8. The number of hydrogen-bond donors (Lipinski definition) is 0. The Hall–Kier alpha value is -2.76. The van der Waals surface area contributed by atoms with Crippen LogP contribution in [-0.2, 0) is 21.9 Å². The fraction of sp³-hybridized carbons (Fsp3) is 0.364. The third-order valence-electron chi connectivity index (χ3n) is 5.71. The molecule has 1 saturated heterocycles. The number of hydrogen-bond acceptors (Lipinski definition) is 6. The van der Waals surface area contributed by atoms with Crippen molar-refractivity contribution >= 4 is 37.5 Å². The topological polar surface area (TPSA) is 90.2 Å². The molecule has 8 nitrogen and oxygen atoms in total. The maximum absolute atomic E-state index is 13.2. The van der Waals surface area contributed by atoms with Gasteiger partial charge < -0.3 is 14.0 Å². The first kappa shape index (κ1) is 23.4. The van der Waals surface area contributed by atoms with Gasteiger partial charge >= 0.3 is 0 Å². The molecule has 1 aliphatic rings. The van der Waals surface area contributed by atoms with E-state index in [4.69, 9.17) is 9.47 Å². The highest BCUT2D eigenvalue weighted by atomic mass is 32.2. The van der Waals surface area contributed by atoms with E-state index in [0.717, 1.165) is 22.3 Å². The van der Waals surface area contributed by atoms with Gasteiger partial charge in [-0.15, -0.1) is 0 Å². The first-order valence-electron chi connectivity index (χ1n) is 10.3. The first-order chi connectivity index (χ1) is 15.7. The number of aryl methyl sites for hydroxylation is 1. The number of sulfonamides is 1. The van der Waals surface area contributed by atoms with Crippen LogP contribution in [0.1, 0.15) is 12.8 Å². The van der Waals surface area contributed by atoms with Crippen molar-refractivity contribution in [2.45, 2.75) is 17.7 Å². The highest BCUT2D eigenvalue weighted by molar-refractivity contribution is 7.89. The number of carbonyl (C=O) groups excluding carboxylic acids is 1. The number of nitrogens with zero attached hydrogens (tertiary/aromatic N) is 3. The van der Waals surface area contributed by atoms with E-state index < -0.39 is 21.8 Å².